The van der Waals surface area contributed by atoms with E-state index in [9.17, 15) is 10.2 Å². The second-order valence-electron chi connectivity index (χ2n) is 15.2. The van der Waals surface area contributed by atoms with Gasteiger partial charge in [0.1, 0.15) is 11.5 Å². The fourth-order valence-electron chi connectivity index (χ4n) is 4.47. The van der Waals surface area contributed by atoms with Crippen molar-refractivity contribution in [3.8, 4) is 11.5 Å². The van der Waals surface area contributed by atoms with Crippen LogP contribution in [0.2, 0.25) is 0 Å². The minimum absolute atomic E-state index is 0.0479. The Bertz CT molecular complexity index is 1060. The lowest BCUT2D eigenvalue weighted by Gasteiger charge is -2.31. The number of aromatic hydroxyl groups is 2. The van der Waals surface area contributed by atoms with Crippen molar-refractivity contribution in [1.29, 1.82) is 0 Å². The van der Waals surface area contributed by atoms with Gasteiger partial charge in [0.2, 0.25) is 0 Å². The Hall–Kier alpha value is -2.62. The lowest BCUT2D eigenvalue weighted by molar-refractivity contribution is 0.333. The molecule has 0 atom stereocenters. The molecule has 0 aromatic heterocycles. The van der Waals surface area contributed by atoms with Crippen LogP contribution in [0.25, 0.3) is 0 Å². The van der Waals surface area contributed by atoms with Crippen LogP contribution in [0.1, 0.15) is 116 Å². The molecule has 0 aliphatic heterocycles. The third-order valence-electron chi connectivity index (χ3n) is 7.05. The summed E-state index contributed by atoms with van der Waals surface area (Å²) in [6.07, 6.45) is 4.07. The van der Waals surface area contributed by atoms with E-state index in [-0.39, 0.29) is 21.7 Å². The Morgan fingerprint density at radius 3 is 1.16 bits per heavy atom. The summed E-state index contributed by atoms with van der Waals surface area (Å²) in [4.78, 5) is 4.19. The molecule has 4 nitrogen and oxygen atoms in total. The van der Waals surface area contributed by atoms with Crippen molar-refractivity contribution >= 4 is 0 Å². The number of hydrogen-bond acceptors (Lipinski definition) is 4. The van der Waals surface area contributed by atoms with Gasteiger partial charge in [-0.2, -0.15) is 0 Å². The standard InChI is InChI=1S/C34H54N2O2/c1-31(2,3)25-17-23(29(37)27(19-25)33(7,8)9)21-36(16-15-35(13)14)22-24-18-26(32(4,5)6)20-28(30(24)38)34(10,11)12/h15-20,37-38H,21-22H2,1-14H3/b16-15+. The zero-order chi connectivity index (χ0) is 29.4. The second kappa shape index (κ2) is 10.9. The van der Waals surface area contributed by atoms with E-state index in [1.54, 1.807) is 0 Å². The molecule has 0 fully saturated rings. The molecule has 2 N–H and O–H groups in total. The van der Waals surface area contributed by atoms with Gasteiger partial charge in [-0.05, 0) is 56.0 Å². The van der Waals surface area contributed by atoms with Gasteiger partial charge in [0.25, 0.3) is 0 Å². The molecule has 212 valence electrons. The number of phenols is 2. The third-order valence-corrected chi connectivity index (χ3v) is 7.05. The minimum Gasteiger partial charge on any atom is -0.507 e. The summed E-state index contributed by atoms with van der Waals surface area (Å²) in [6, 6.07) is 8.61. The Morgan fingerprint density at radius 2 is 0.895 bits per heavy atom. The van der Waals surface area contributed by atoms with Gasteiger partial charge in [0.15, 0.2) is 0 Å². The average molecular weight is 523 g/mol. The third kappa shape index (κ3) is 7.94. The first kappa shape index (κ1) is 31.6. The maximum absolute atomic E-state index is 11.5. The van der Waals surface area contributed by atoms with Crippen LogP contribution in [0, 0.1) is 0 Å². The van der Waals surface area contributed by atoms with Gasteiger partial charge in [0, 0.05) is 50.7 Å². The first-order valence-corrected chi connectivity index (χ1v) is 13.8. The van der Waals surface area contributed by atoms with Crippen molar-refractivity contribution in [1.82, 2.24) is 9.80 Å². The SMILES string of the molecule is CN(C)/C=C/N(Cc1cc(C(C)(C)C)cc(C(C)(C)C)c1O)Cc1cc(C(C)(C)C)cc(C(C)(C)C)c1O. The summed E-state index contributed by atoms with van der Waals surface area (Å²) in [5, 5.41) is 22.9. The number of phenolic OH excluding ortho intramolecular Hbond substituents is 2. The molecule has 2 rings (SSSR count). The monoisotopic (exact) mass is 522 g/mol. The van der Waals surface area contributed by atoms with Crippen molar-refractivity contribution in [2.24, 2.45) is 0 Å². The summed E-state index contributed by atoms with van der Waals surface area (Å²) in [5.41, 5.74) is 5.66. The Labute approximate surface area is 233 Å². The van der Waals surface area contributed by atoms with Gasteiger partial charge in [-0.1, -0.05) is 95.2 Å². The number of hydrogen-bond donors (Lipinski definition) is 2. The van der Waals surface area contributed by atoms with Gasteiger partial charge in [-0.15, -0.1) is 0 Å². The van der Waals surface area contributed by atoms with E-state index < -0.39 is 0 Å². The molecule has 0 aliphatic carbocycles. The molecule has 2 aromatic rings. The van der Waals surface area contributed by atoms with Crippen LogP contribution in [0.4, 0.5) is 0 Å². The van der Waals surface area contributed by atoms with E-state index in [4.69, 9.17) is 0 Å². The van der Waals surface area contributed by atoms with E-state index in [0.29, 0.717) is 24.6 Å². The molecule has 0 heterocycles. The molecular formula is C34H54N2O2. The summed E-state index contributed by atoms with van der Waals surface area (Å²) < 4.78 is 0. The smallest absolute Gasteiger partial charge is 0.124 e. The molecule has 4 heteroatoms. The van der Waals surface area contributed by atoms with Crippen molar-refractivity contribution in [3.05, 3.63) is 70.0 Å². The van der Waals surface area contributed by atoms with Crippen LogP contribution in [-0.2, 0) is 34.7 Å². The second-order valence-corrected chi connectivity index (χ2v) is 15.2. The summed E-state index contributed by atoms with van der Waals surface area (Å²) in [5.74, 6) is 0.716. The predicted molar refractivity (Wildman–Crippen MR) is 163 cm³/mol. The molecule has 0 aliphatic rings. The summed E-state index contributed by atoms with van der Waals surface area (Å²) >= 11 is 0. The molecule has 0 saturated carbocycles. The molecule has 0 spiro atoms. The van der Waals surface area contributed by atoms with Crippen molar-refractivity contribution < 1.29 is 10.2 Å². The molecular weight excluding hydrogens is 468 g/mol. The van der Waals surface area contributed by atoms with Crippen LogP contribution in [0.5, 0.6) is 11.5 Å². The molecule has 0 unspecified atom stereocenters. The van der Waals surface area contributed by atoms with E-state index in [1.807, 2.05) is 25.2 Å². The van der Waals surface area contributed by atoms with Crippen LogP contribution in [-0.4, -0.2) is 34.1 Å². The van der Waals surface area contributed by atoms with E-state index >= 15 is 0 Å². The highest BCUT2D eigenvalue weighted by Crippen LogP contribution is 2.40. The molecule has 38 heavy (non-hydrogen) atoms. The van der Waals surface area contributed by atoms with E-state index in [1.165, 1.54) is 11.1 Å². The van der Waals surface area contributed by atoms with Gasteiger partial charge >= 0.3 is 0 Å². The molecule has 0 saturated heterocycles. The topological polar surface area (TPSA) is 46.9 Å². The Morgan fingerprint density at radius 1 is 0.553 bits per heavy atom. The van der Waals surface area contributed by atoms with Crippen molar-refractivity contribution in [3.63, 3.8) is 0 Å². The first-order chi connectivity index (χ1) is 17.0. The quantitative estimate of drug-likeness (QED) is 0.400. The maximum atomic E-state index is 11.5. The fraction of sp³-hybridized carbons (Fsp3) is 0.588. The van der Waals surface area contributed by atoms with Crippen LogP contribution < -0.4 is 0 Å². The van der Waals surface area contributed by atoms with Crippen LogP contribution >= 0.6 is 0 Å². The Balaban J connectivity index is 2.70. The predicted octanol–water partition coefficient (Wildman–Crippen LogP) is 8.32. The molecule has 0 radical (unpaired) electrons. The first-order valence-electron chi connectivity index (χ1n) is 13.8. The zero-order valence-corrected chi connectivity index (χ0v) is 26.7. The van der Waals surface area contributed by atoms with Crippen molar-refractivity contribution in [2.75, 3.05) is 14.1 Å². The molecule has 0 bridgehead atoms. The highest BCUT2D eigenvalue weighted by atomic mass is 16.3. The highest BCUT2D eigenvalue weighted by molar-refractivity contribution is 5.50. The largest absolute Gasteiger partial charge is 0.507 e. The summed E-state index contributed by atoms with van der Waals surface area (Å²) in [6.45, 7) is 27.2. The lowest BCUT2D eigenvalue weighted by Crippen LogP contribution is -2.23. The fourth-order valence-corrected chi connectivity index (χ4v) is 4.47. The van der Waals surface area contributed by atoms with Crippen molar-refractivity contribution in [2.45, 2.75) is 118 Å². The summed E-state index contributed by atoms with van der Waals surface area (Å²) in [7, 11) is 4.00. The van der Waals surface area contributed by atoms with Crippen LogP contribution in [0.3, 0.4) is 0 Å². The number of rotatable bonds is 6. The average Bonchev–Trinajstić information content (AvgIpc) is 2.71. The zero-order valence-electron chi connectivity index (χ0n) is 26.7. The highest BCUT2D eigenvalue weighted by Gasteiger charge is 2.27. The molecule has 2 aromatic carbocycles. The van der Waals surface area contributed by atoms with Gasteiger partial charge in [-0.3, -0.25) is 0 Å². The van der Waals surface area contributed by atoms with E-state index in [0.717, 1.165) is 22.3 Å². The van der Waals surface area contributed by atoms with Gasteiger partial charge in [0.05, 0.1) is 0 Å². The normalized spacial score (nSPS) is 13.3. The van der Waals surface area contributed by atoms with E-state index in [2.05, 4.69) is 118 Å². The lowest BCUT2D eigenvalue weighted by atomic mass is 9.78. The van der Waals surface area contributed by atoms with Gasteiger partial charge in [-0.25, -0.2) is 0 Å². The van der Waals surface area contributed by atoms with Crippen LogP contribution in [0.15, 0.2) is 36.7 Å². The number of benzene rings is 2. The maximum Gasteiger partial charge on any atom is 0.124 e. The minimum atomic E-state index is -0.189. The number of nitrogens with zero attached hydrogens (tertiary/aromatic N) is 2. The molecule has 0 amide bonds. The Kier molecular flexibility index (Phi) is 9.03. The van der Waals surface area contributed by atoms with Gasteiger partial charge < -0.3 is 20.0 Å².